The molecule has 164 valence electrons. The number of thiocarbonyl (C=S) groups is 1. The summed E-state index contributed by atoms with van der Waals surface area (Å²) in [5, 5.41) is 16.6. The molecular formula is C23H26ClN3O2S2. The molecule has 1 aliphatic carbocycles. The molecule has 2 N–H and O–H groups in total. The van der Waals surface area contributed by atoms with Crippen molar-refractivity contribution in [3.8, 4) is 11.8 Å². The average molecular weight is 476 g/mol. The lowest BCUT2D eigenvalue weighted by Crippen LogP contribution is -2.34. The summed E-state index contributed by atoms with van der Waals surface area (Å²) in [5.74, 6) is 0.724. The summed E-state index contributed by atoms with van der Waals surface area (Å²) in [5.41, 5.74) is 2.34. The van der Waals surface area contributed by atoms with Gasteiger partial charge in [-0.3, -0.25) is 10.1 Å². The van der Waals surface area contributed by atoms with Crippen LogP contribution in [0.1, 0.15) is 60.5 Å². The van der Waals surface area contributed by atoms with Crippen LogP contribution in [0.5, 0.6) is 5.75 Å². The Bertz CT molecular complexity index is 1050. The van der Waals surface area contributed by atoms with Crippen molar-refractivity contribution in [3.63, 3.8) is 0 Å². The SMILES string of the molecule is CCOc1ccc(C(=O)NC(=S)Nc2sc3c(c2C#N)CCC(C(C)(C)C)C3)cc1Cl. The number of hydrogen-bond acceptors (Lipinski definition) is 5. The van der Waals surface area contributed by atoms with E-state index in [1.807, 2.05) is 6.92 Å². The normalized spacial score (nSPS) is 15.5. The highest BCUT2D eigenvalue weighted by atomic mass is 35.5. The number of nitrogens with zero attached hydrogens (tertiary/aromatic N) is 1. The second-order valence-electron chi connectivity index (χ2n) is 8.61. The maximum atomic E-state index is 12.6. The lowest BCUT2D eigenvalue weighted by Gasteiger charge is -2.33. The summed E-state index contributed by atoms with van der Waals surface area (Å²) in [6, 6.07) is 7.15. The second-order valence-corrected chi connectivity index (χ2v) is 10.5. The van der Waals surface area contributed by atoms with Crippen LogP contribution >= 0.6 is 35.2 Å². The van der Waals surface area contributed by atoms with Crippen LogP contribution in [0.25, 0.3) is 0 Å². The molecule has 0 saturated heterocycles. The third kappa shape index (κ3) is 5.38. The number of thiophene rings is 1. The van der Waals surface area contributed by atoms with Gasteiger partial charge in [0.05, 0.1) is 17.2 Å². The molecule has 1 aliphatic rings. The van der Waals surface area contributed by atoms with Crippen LogP contribution in [0, 0.1) is 22.7 Å². The lowest BCUT2D eigenvalue weighted by molar-refractivity contribution is 0.0977. The topological polar surface area (TPSA) is 74.2 Å². The van der Waals surface area contributed by atoms with E-state index in [-0.39, 0.29) is 16.4 Å². The van der Waals surface area contributed by atoms with Crippen molar-refractivity contribution in [2.45, 2.75) is 47.0 Å². The zero-order chi connectivity index (χ0) is 22.8. The molecule has 0 saturated carbocycles. The van der Waals surface area contributed by atoms with Crippen molar-refractivity contribution < 1.29 is 9.53 Å². The molecule has 2 aromatic rings. The largest absolute Gasteiger partial charge is 0.492 e. The fourth-order valence-electron chi connectivity index (χ4n) is 3.76. The fourth-order valence-corrected chi connectivity index (χ4v) is 5.53. The van der Waals surface area contributed by atoms with Crippen LogP contribution in [0.15, 0.2) is 18.2 Å². The van der Waals surface area contributed by atoms with E-state index in [1.165, 1.54) is 4.88 Å². The van der Waals surface area contributed by atoms with Gasteiger partial charge in [0.2, 0.25) is 0 Å². The number of rotatable bonds is 4. The Hall–Kier alpha value is -2.14. The Morgan fingerprint density at radius 3 is 2.77 bits per heavy atom. The predicted molar refractivity (Wildman–Crippen MR) is 130 cm³/mol. The minimum Gasteiger partial charge on any atom is -0.492 e. The lowest BCUT2D eigenvalue weighted by atomic mass is 9.72. The summed E-state index contributed by atoms with van der Waals surface area (Å²) >= 11 is 13.1. The molecule has 8 heteroatoms. The van der Waals surface area contributed by atoms with Crippen molar-refractivity contribution in [1.82, 2.24) is 5.32 Å². The zero-order valence-corrected chi connectivity index (χ0v) is 20.5. The van der Waals surface area contributed by atoms with Crippen molar-refractivity contribution in [2.24, 2.45) is 11.3 Å². The van der Waals surface area contributed by atoms with Gasteiger partial charge in [-0.05, 0) is 73.5 Å². The van der Waals surface area contributed by atoms with E-state index in [1.54, 1.807) is 29.5 Å². The number of carbonyl (C=O) groups excluding carboxylic acids is 1. The smallest absolute Gasteiger partial charge is 0.257 e. The molecule has 0 fully saturated rings. The summed E-state index contributed by atoms with van der Waals surface area (Å²) in [6.07, 6.45) is 2.92. The van der Waals surface area contributed by atoms with Crippen LogP contribution in [-0.2, 0) is 12.8 Å². The maximum absolute atomic E-state index is 12.6. The molecule has 0 radical (unpaired) electrons. The van der Waals surface area contributed by atoms with Gasteiger partial charge in [0.25, 0.3) is 5.91 Å². The van der Waals surface area contributed by atoms with Gasteiger partial charge in [0.15, 0.2) is 5.11 Å². The summed E-state index contributed by atoms with van der Waals surface area (Å²) in [7, 11) is 0. The van der Waals surface area contributed by atoms with E-state index >= 15 is 0 Å². The Morgan fingerprint density at radius 2 is 2.16 bits per heavy atom. The minimum absolute atomic E-state index is 0.150. The molecule has 1 unspecified atom stereocenters. The first-order valence-corrected chi connectivity index (χ1v) is 11.8. The molecule has 3 rings (SSSR count). The third-order valence-corrected chi connectivity index (χ3v) is 7.22. The molecule has 0 aliphatic heterocycles. The standard InChI is InChI=1S/C23H26ClN3O2S2/c1-5-29-18-9-6-13(10-17(18)24)20(28)26-22(30)27-21-16(12-25)15-8-7-14(23(2,3)4)11-19(15)31-21/h6,9-10,14H,5,7-8,11H2,1-4H3,(H2,26,27,28,30). The number of anilines is 1. The predicted octanol–water partition coefficient (Wildman–Crippen LogP) is 5.95. The van der Waals surface area contributed by atoms with Gasteiger partial charge in [-0.1, -0.05) is 32.4 Å². The molecule has 31 heavy (non-hydrogen) atoms. The fraction of sp³-hybridized carbons (Fsp3) is 0.435. The van der Waals surface area contributed by atoms with Crippen LogP contribution in [0.3, 0.4) is 0 Å². The van der Waals surface area contributed by atoms with E-state index in [0.29, 0.717) is 39.4 Å². The monoisotopic (exact) mass is 475 g/mol. The number of ether oxygens (including phenoxy) is 1. The second kappa shape index (κ2) is 9.56. The number of hydrogen-bond donors (Lipinski definition) is 2. The molecule has 1 heterocycles. The minimum atomic E-state index is -0.380. The summed E-state index contributed by atoms with van der Waals surface area (Å²) < 4.78 is 5.39. The van der Waals surface area contributed by atoms with Crippen molar-refractivity contribution in [1.29, 1.82) is 5.26 Å². The summed E-state index contributed by atoms with van der Waals surface area (Å²) in [4.78, 5) is 13.8. The number of amides is 1. The van der Waals surface area contributed by atoms with Gasteiger partial charge in [0.1, 0.15) is 16.8 Å². The number of fused-ring (bicyclic) bond motifs is 1. The number of halogens is 1. The van der Waals surface area contributed by atoms with Crippen LogP contribution in [-0.4, -0.2) is 17.6 Å². The molecule has 0 spiro atoms. The number of benzene rings is 1. The van der Waals surface area contributed by atoms with Crippen molar-refractivity contribution in [3.05, 3.63) is 44.8 Å². The Morgan fingerprint density at radius 1 is 1.42 bits per heavy atom. The third-order valence-electron chi connectivity index (χ3n) is 5.55. The van der Waals surface area contributed by atoms with Crippen LogP contribution in [0.4, 0.5) is 5.00 Å². The molecule has 5 nitrogen and oxygen atoms in total. The van der Waals surface area contributed by atoms with E-state index in [2.05, 4.69) is 37.5 Å². The van der Waals surface area contributed by atoms with Gasteiger partial charge in [-0.25, -0.2) is 0 Å². The van der Waals surface area contributed by atoms with Crippen molar-refractivity contribution in [2.75, 3.05) is 11.9 Å². The van der Waals surface area contributed by atoms with E-state index in [0.717, 1.165) is 24.8 Å². The Balaban J connectivity index is 1.71. The highest BCUT2D eigenvalue weighted by Crippen LogP contribution is 2.44. The molecule has 0 bridgehead atoms. The molecule has 1 atom stereocenters. The zero-order valence-electron chi connectivity index (χ0n) is 18.1. The summed E-state index contributed by atoms with van der Waals surface area (Å²) in [6.45, 7) is 9.14. The molecule has 1 aromatic heterocycles. The number of carbonyl (C=O) groups is 1. The highest BCUT2D eigenvalue weighted by Gasteiger charge is 2.32. The Labute approximate surface area is 197 Å². The van der Waals surface area contributed by atoms with E-state index in [4.69, 9.17) is 28.6 Å². The van der Waals surface area contributed by atoms with Gasteiger partial charge >= 0.3 is 0 Å². The van der Waals surface area contributed by atoms with Gasteiger partial charge in [0, 0.05) is 10.4 Å². The number of nitrogens with one attached hydrogen (secondary N) is 2. The number of nitriles is 1. The van der Waals surface area contributed by atoms with E-state index in [9.17, 15) is 10.1 Å². The van der Waals surface area contributed by atoms with Gasteiger partial charge in [-0.2, -0.15) is 5.26 Å². The highest BCUT2D eigenvalue weighted by molar-refractivity contribution is 7.80. The van der Waals surface area contributed by atoms with Gasteiger partial charge in [-0.15, -0.1) is 11.3 Å². The average Bonchev–Trinajstić information content (AvgIpc) is 3.04. The molecule has 1 amide bonds. The van der Waals surface area contributed by atoms with Crippen LogP contribution in [0.2, 0.25) is 5.02 Å². The maximum Gasteiger partial charge on any atom is 0.257 e. The quantitative estimate of drug-likeness (QED) is 0.534. The first kappa shape index (κ1) is 23.5. The van der Waals surface area contributed by atoms with E-state index < -0.39 is 0 Å². The first-order valence-electron chi connectivity index (χ1n) is 10.2. The van der Waals surface area contributed by atoms with Crippen molar-refractivity contribution >= 4 is 51.2 Å². The Kier molecular flexibility index (Phi) is 7.25. The van der Waals surface area contributed by atoms with Gasteiger partial charge < -0.3 is 10.1 Å². The first-order chi connectivity index (χ1) is 14.6. The van der Waals surface area contributed by atoms with Crippen LogP contribution < -0.4 is 15.4 Å². The molecule has 1 aromatic carbocycles. The molecular weight excluding hydrogens is 450 g/mol.